The molecule has 0 fully saturated rings. The van der Waals surface area contributed by atoms with E-state index in [1.165, 1.54) is 23.3 Å². The van der Waals surface area contributed by atoms with Gasteiger partial charge < -0.3 is 5.32 Å². The van der Waals surface area contributed by atoms with E-state index < -0.39 is 0 Å². The third-order valence-corrected chi connectivity index (χ3v) is 3.83. The normalized spacial score (nSPS) is 12.7. The zero-order valence-electron chi connectivity index (χ0n) is 10.6. The highest BCUT2D eigenvalue weighted by Crippen LogP contribution is 2.25. The molecule has 1 unspecified atom stereocenters. The minimum Gasteiger partial charge on any atom is -0.313 e. The van der Waals surface area contributed by atoms with Gasteiger partial charge >= 0.3 is 0 Å². The summed E-state index contributed by atoms with van der Waals surface area (Å²) in [6, 6.07) is 8.87. The molecule has 0 aliphatic rings. The Balaban J connectivity index is 2.50. The quantitative estimate of drug-likeness (QED) is 0.566. The highest BCUT2D eigenvalue weighted by molar-refractivity contribution is 7.99. The molecule has 1 aromatic carbocycles. The summed E-state index contributed by atoms with van der Waals surface area (Å²) < 4.78 is 0. The number of hydrogen-bond donors (Lipinski definition) is 1. The van der Waals surface area contributed by atoms with Crippen molar-refractivity contribution in [2.24, 2.45) is 0 Å². The second-order valence-corrected chi connectivity index (χ2v) is 5.67. The smallest absolute Gasteiger partial charge is 0.0205 e. The molecule has 90 valence electrons. The van der Waals surface area contributed by atoms with Crippen LogP contribution in [0.3, 0.4) is 0 Å². The Hall–Kier alpha value is -0.470. The maximum absolute atomic E-state index is 3.44. The molecule has 0 saturated carbocycles. The second kappa shape index (κ2) is 7.75. The molecule has 0 saturated heterocycles. The molecule has 0 aromatic heterocycles. The van der Waals surface area contributed by atoms with E-state index in [1.54, 1.807) is 0 Å². The van der Waals surface area contributed by atoms with E-state index >= 15 is 0 Å². The first kappa shape index (κ1) is 13.6. The molecular weight excluding hydrogens is 214 g/mol. The van der Waals surface area contributed by atoms with Crippen molar-refractivity contribution < 1.29 is 0 Å². The van der Waals surface area contributed by atoms with Gasteiger partial charge in [0.2, 0.25) is 0 Å². The van der Waals surface area contributed by atoms with Crippen LogP contribution in [-0.2, 0) is 6.54 Å². The topological polar surface area (TPSA) is 12.0 Å². The Morgan fingerprint density at radius 2 is 2.12 bits per heavy atom. The van der Waals surface area contributed by atoms with Crippen LogP contribution in [0.25, 0.3) is 0 Å². The third kappa shape index (κ3) is 5.04. The van der Waals surface area contributed by atoms with E-state index in [9.17, 15) is 0 Å². The predicted molar refractivity (Wildman–Crippen MR) is 74.0 cm³/mol. The van der Waals surface area contributed by atoms with Gasteiger partial charge in [0, 0.05) is 16.7 Å². The van der Waals surface area contributed by atoms with Gasteiger partial charge in [-0.25, -0.2) is 0 Å². The summed E-state index contributed by atoms with van der Waals surface area (Å²) in [7, 11) is 0. The first-order valence-electron chi connectivity index (χ1n) is 6.22. The first-order valence-corrected chi connectivity index (χ1v) is 7.10. The molecule has 0 heterocycles. The van der Waals surface area contributed by atoms with E-state index in [-0.39, 0.29) is 0 Å². The summed E-state index contributed by atoms with van der Waals surface area (Å²) in [5.74, 6) is 0. The van der Waals surface area contributed by atoms with Crippen molar-refractivity contribution in [1.82, 2.24) is 5.32 Å². The SMILES string of the molecule is CCCNCc1cccc(SC(C)CC)c1. The predicted octanol–water partition coefficient (Wildman–Crippen LogP) is 4.08. The Labute approximate surface area is 104 Å². The summed E-state index contributed by atoms with van der Waals surface area (Å²) in [6.45, 7) is 8.81. The Morgan fingerprint density at radius 3 is 2.81 bits per heavy atom. The van der Waals surface area contributed by atoms with Crippen LogP contribution in [0.15, 0.2) is 29.2 Å². The highest BCUT2D eigenvalue weighted by Gasteiger charge is 2.02. The van der Waals surface area contributed by atoms with E-state index in [4.69, 9.17) is 0 Å². The summed E-state index contributed by atoms with van der Waals surface area (Å²) >= 11 is 1.97. The van der Waals surface area contributed by atoms with Crippen molar-refractivity contribution in [1.29, 1.82) is 0 Å². The molecule has 0 radical (unpaired) electrons. The van der Waals surface area contributed by atoms with Gasteiger partial charge in [0.1, 0.15) is 0 Å². The molecule has 0 aliphatic carbocycles. The number of benzene rings is 1. The van der Waals surface area contributed by atoms with E-state index in [0.717, 1.165) is 13.1 Å². The van der Waals surface area contributed by atoms with Crippen LogP contribution in [-0.4, -0.2) is 11.8 Å². The van der Waals surface area contributed by atoms with Crippen LogP contribution in [0, 0.1) is 0 Å². The fourth-order valence-corrected chi connectivity index (χ4v) is 2.46. The largest absolute Gasteiger partial charge is 0.313 e. The molecule has 0 aliphatic heterocycles. The number of thioether (sulfide) groups is 1. The van der Waals surface area contributed by atoms with Crippen molar-refractivity contribution in [3.63, 3.8) is 0 Å². The average Bonchev–Trinajstić information content (AvgIpc) is 2.30. The lowest BCUT2D eigenvalue weighted by Gasteiger charge is -2.10. The summed E-state index contributed by atoms with van der Waals surface area (Å²) in [5, 5.41) is 4.14. The number of nitrogens with one attached hydrogen (secondary N) is 1. The molecule has 1 rings (SSSR count). The van der Waals surface area contributed by atoms with Gasteiger partial charge in [0.15, 0.2) is 0 Å². The van der Waals surface area contributed by atoms with Crippen LogP contribution in [0.2, 0.25) is 0 Å². The summed E-state index contributed by atoms with van der Waals surface area (Å²) in [6.07, 6.45) is 2.42. The lowest BCUT2D eigenvalue weighted by Crippen LogP contribution is -2.13. The maximum atomic E-state index is 3.44. The fraction of sp³-hybridized carbons (Fsp3) is 0.571. The van der Waals surface area contributed by atoms with Crippen LogP contribution in [0.5, 0.6) is 0 Å². The molecule has 1 atom stereocenters. The van der Waals surface area contributed by atoms with Crippen LogP contribution >= 0.6 is 11.8 Å². The van der Waals surface area contributed by atoms with Gasteiger partial charge in [-0.05, 0) is 37.1 Å². The zero-order valence-corrected chi connectivity index (χ0v) is 11.4. The number of hydrogen-bond acceptors (Lipinski definition) is 2. The minimum atomic E-state index is 0.707. The Morgan fingerprint density at radius 1 is 1.31 bits per heavy atom. The van der Waals surface area contributed by atoms with Crippen LogP contribution in [0.4, 0.5) is 0 Å². The highest BCUT2D eigenvalue weighted by atomic mass is 32.2. The van der Waals surface area contributed by atoms with Crippen molar-refractivity contribution in [2.75, 3.05) is 6.54 Å². The van der Waals surface area contributed by atoms with Gasteiger partial charge in [-0.3, -0.25) is 0 Å². The Bertz CT molecular complexity index is 299. The van der Waals surface area contributed by atoms with Crippen molar-refractivity contribution in [3.8, 4) is 0 Å². The monoisotopic (exact) mass is 237 g/mol. The van der Waals surface area contributed by atoms with Crippen LogP contribution in [0.1, 0.15) is 39.2 Å². The van der Waals surface area contributed by atoms with Crippen molar-refractivity contribution >= 4 is 11.8 Å². The lowest BCUT2D eigenvalue weighted by molar-refractivity contribution is 0.674. The molecule has 1 aromatic rings. The zero-order chi connectivity index (χ0) is 11.8. The third-order valence-electron chi connectivity index (χ3n) is 2.57. The van der Waals surface area contributed by atoms with Crippen LogP contribution < -0.4 is 5.32 Å². The molecule has 2 heteroatoms. The second-order valence-electron chi connectivity index (χ2n) is 4.16. The molecule has 0 amide bonds. The lowest BCUT2D eigenvalue weighted by atomic mass is 10.2. The molecular formula is C14H23NS. The number of rotatable bonds is 7. The van der Waals surface area contributed by atoms with Gasteiger partial charge in [0.25, 0.3) is 0 Å². The van der Waals surface area contributed by atoms with E-state index in [0.29, 0.717) is 5.25 Å². The molecule has 16 heavy (non-hydrogen) atoms. The molecule has 0 spiro atoms. The minimum absolute atomic E-state index is 0.707. The van der Waals surface area contributed by atoms with E-state index in [1.807, 2.05) is 11.8 Å². The van der Waals surface area contributed by atoms with Gasteiger partial charge in [-0.2, -0.15) is 0 Å². The van der Waals surface area contributed by atoms with Gasteiger partial charge in [-0.15, -0.1) is 11.8 Å². The first-order chi connectivity index (χ1) is 7.76. The maximum Gasteiger partial charge on any atom is 0.0205 e. The van der Waals surface area contributed by atoms with Gasteiger partial charge in [-0.1, -0.05) is 32.9 Å². The molecule has 1 N–H and O–H groups in total. The standard InChI is InChI=1S/C14H23NS/c1-4-9-15-11-13-7-6-8-14(10-13)16-12(3)5-2/h6-8,10,12,15H,4-5,9,11H2,1-3H3. The summed E-state index contributed by atoms with van der Waals surface area (Å²) in [4.78, 5) is 1.39. The molecule has 1 nitrogen and oxygen atoms in total. The fourth-order valence-electron chi connectivity index (χ4n) is 1.45. The average molecular weight is 237 g/mol. The van der Waals surface area contributed by atoms with Crippen molar-refractivity contribution in [2.45, 2.75) is 50.3 Å². The summed E-state index contributed by atoms with van der Waals surface area (Å²) in [5.41, 5.74) is 1.39. The van der Waals surface area contributed by atoms with E-state index in [2.05, 4.69) is 50.4 Å². The Kier molecular flexibility index (Phi) is 6.58. The van der Waals surface area contributed by atoms with Gasteiger partial charge in [0.05, 0.1) is 0 Å². The molecule has 0 bridgehead atoms. The van der Waals surface area contributed by atoms with Crippen molar-refractivity contribution in [3.05, 3.63) is 29.8 Å².